The van der Waals surface area contributed by atoms with Crippen LogP contribution in [0.5, 0.6) is 0 Å². The van der Waals surface area contributed by atoms with Crippen molar-refractivity contribution in [2.24, 2.45) is 5.73 Å². The summed E-state index contributed by atoms with van der Waals surface area (Å²) in [4.78, 5) is 24.3. The van der Waals surface area contributed by atoms with Gasteiger partial charge in [0.2, 0.25) is 5.82 Å². The van der Waals surface area contributed by atoms with E-state index in [1.807, 2.05) is 0 Å². The lowest BCUT2D eigenvalue weighted by Gasteiger charge is -2.24. The first kappa shape index (κ1) is 19.9. The molecule has 13 heteroatoms. The summed E-state index contributed by atoms with van der Waals surface area (Å²) in [5.74, 6) is -1.16. The predicted octanol–water partition coefficient (Wildman–Crippen LogP) is -1.07. The SMILES string of the molecule is CC(C)(C)OP(=O)(O)OC[C@H]1O[C@@H](n2cnc(C(N)=O)n2)C(O)[C@H]1O. The maximum absolute atomic E-state index is 11.8. The number of hydrogen-bond acceptors (Lipinski definition) is 9. The van der Waals surface area contributed by atoms with Crippen molar-refractivity contribution in [1.82, 2.24) is 14.8 Å². The van der Waals surface area contributed by atoms with Crippen LogP contribution in [-0.2, 0) is 18.3 Å². The van der Waals surface area contributed by atoms with E-state index in [0.717, 1.165) is 11.0 Å². The van der Waals surface area contributed by atoms with E-state index in [1.165, 1.54) is 0 Å². The zero-order valence-corrected chi connectivity index (χ0v) is 14.7. The number of aliphatic hydroxyl groups excluding tert-OH is 2. The lowest BCUT2D eigenvalue weighted by molar-refractivity contribution is -0.0611. The molecule has 1 saturated heterocycles. The number of nitrogens with two attached hydrogens (primary N) is 1. The minimum Gasteiger partial charge on any atom is -0.387 e. The van der Waals surface area contributed by atoms with Crippen molar-refractivity contribution >= 4 is 13.7 Å². The second-order valence-corrected chi connectivity index (χ2v) is 7.80. The van der Waals surface area contributed by atoms with Crippen LogP contribution in [0.4, 0.5) is 0 Å². The van der Waals surface area contributed by atoms with Gasteiger partial charge in [0.05, 0.1) is 12.2 Å². The van der Waals surface area contributed by atoms with Crippen LogP contribution in [-0.4, -0.2) is 66.3 Å². The van der Waals surface area contributed by atoms with Crippen molar-refractivity contribution in [3.8, 4) is 0 Å². The van der Waals surface area contributed by atoms with Gasteiger partial charge in [-0.15, -0.1) is 5.10 Å². The molecule has 5 N–H and O–H groups in total. The largest absolute Gasteiger partial charge is 0.472 e. The molecule has 0 spiro atoms. The van der Waals surface area contributed by atoms with Gasteiger partial charge in [0.25, 0.3) is 5.91 Å². The van der Waals surface area contributed by atoms with Gasteiger partial charge in [-0.05, 0) is 20.8 Å². The Bertz CT molecular complexity index is 674. The highest BCUT2D eigenvalue weighted by atomic mass is 31.2. The number of nitrogens with zero attached hydrogens (tertiary/aromatic N) is 3. The zero-order chi connectivity index (χ0) is 19.0. The van der Waals surface area contributed by atoms with Crippen molar-refractivity contribution in [3.05, 3.63) is 12.2 Å². The highest BCUT2D eigenvalue weighted by Crippen LogP contribution is 2.47. The summed E-state index contributed by atoms with van der Waals surface area (Å²) >= 11 is 0. The molecule has 2 heterocycles. The van der Waals surface area contributed by atoms with Crippen LogP contribution >= 0.6 is 7.82 Å². The first-order valence-corrected chi connectivity index (χ1v) is 8.80. The molecule has 0 radical (unpaired) electrons. The van der Waals surface area contributed by atoms with E-state index in [-0.39, 0.29) is 5.82 Å². The van der Waals surface area contributed by atoms with E-state index in [9.17, 15) is 24.5 Å². The molecule has 1 aliphatic rings. The summed E-state index contributed by atoms with van der Waals surface area (Å²) in [5, 5.41) is 23.8. The summed E-state index contributed by atoms with van der Waals surface area (Å²) in [5.41, 5.74) is 4.12. The zero-order valence-electron chi connectivity index (χ0n) is 13.8. The third kappa shape index (κ3) is 5.05. The van der Waals surface area contributed by atoms with E-state index in [1.54, 1.807) is 20.8 Å². The number of phosphoric ester groups is 1. The van der Waals surface area contributed by atoms with E-state index < -0.39 is 50.5 Å². The van der Waals surface area contributed by atoms with Gasteiger partial charge in [0, 0.05) is 0 Å². The third-order valence-electron chi connectivity index (χ3n) is 3.12. The van der Waals surface area contributed by atoms with Crippen molar-refractivity contribution in [2.75, 3.05) is 6.61 Å². The van der Waals surface area contributed by atoms with Gasteiger partial charge in [-0.3, -0.25) is 13.8 Å². The molecule has 1 fully saturated rings. The number of aromatic nitrogens is 3. The highest BCUT2D eigenvalue weighted by Gasteiger charge is 2.45. The molecule has 0 aromatic carbocycles. The molecule has 0 saturated carbocycles. The molecule has 5 atom stereocenters. The van der Waals surface area contributed by atoms with Crippen molar-refractivity contribution in [2.45, 2.75) is 50.9 Å². The van der Waals surface area contributed by atoms with Crippen LogP contribution in [0, 0.1) is 0 Å². The molecule has 1 aromatic rings. The molecule has 1 aromatic heterocycles. The van der Waals surface area contributed by atoms with Crippen LogP contribution in [0.1, 0.15) is 37.6 Å². The molecule has 1 amide bonds. The molecule has 2 rings (SSSR count). The second-order valence-electron chi connectivity index (χ2n) is 6.43. The lowest BCUT2D eigenvalue weighted by atomic mass is 10.1. The number of hydrogen-bond donors (Lipinski definition) is 4. The molecule has 25 heavy (non-hydrogen) atoms. The first-order chi connectivity index (χ1) is 11.4. The van der Waals surface area contributed by atoms with E-state index >= 15 is 0 Å². The van der Waals surface area contributed by atoms with Crippen LogP contribution in [0.15, 0.2) is 6.33 Å². The van der Waals surface area contributed by atoms with Crippen molar-refractivity contribution < 1.29 is 38.3 Å². The topological polar surface area (TPSA) is 179 Å². The molecule has 1 aliphatic heterocycles. The fraction of sp³-hybridized carbons (Fsp3) is 0.750. The number of amides is 1. The van der Waals surface area contributed by atoms with Gasteiger partial charge in [-0.2, -0.15) is 0 Å². The Hall–Kier alpha value is -1.40. The van der Waals surface area contributed by atoms with Gasteiger partial charge < -0.3 is 25.6 Å². The standard InChI is InChI=1S/C12H21N4O8P/c1-12(2,3)24-25(20,21)22-4-6-7(17)8(18)11(23-6)16-5-14-10(15-16)9(13)19/h5-8,11,17-18H,4H2,1-3H3,(H2,13,19)(H,20,21)/t6-,7+,8?,11-/m1/s1. The summed E-state index contributed by atoms with van der Waals surface area (Å²) in [6.45, 7) is 4.19. The molecular weight excluding hydrogens is 359 g/mol. The molecule has 142 valence electrons. The number of carbonyl (C=O) groups excluding carboxylic acids is 1. The lowest BCUT2D eigenvalue weighted by Crippen LogP contribution is -2.34. The van der Waals surface area contributed by atoms with Crippen LogP contribution < -0.4 is 5.73 Å². The predicted molar refractivity (Wildman–Crippen MR) is 81.1 cm³/mol. The Kier molecular flexibility index (Phi) is 5.64. The fourth-order valence-corrected chi connectivity index (χ4v) is 3.22. The minimum atomic E-state index is -4.38. The van der Waals surface area contributed by atoms with Gasteiger partial charge in [-0.1, -0.05) is 0 Å². The number of aliphatic hydroxyl groups is 2. The van der Waals surface area contributed by atoms with E-state index in [2.05, 4.69) is 10.1 Å². The van der Waals surface area contributed by atoms with Gasteiger partial charge in [-0.25, -0.2) is 14.2 Å². The Balaban J connectivity index is 2.01. The molecule has 2 unspecified atom stereocenters. The number of rotatable bonds is 6. The van der Waals surface area contributed by atoms with E-state index in [0.29, 0.717) is 0 Å². The van der Waals surface area contributed by atoms with Gasteiger partial charge in [0.15, 0.2) is 6.23 Å². The Labute approximate surface area is 143 Å². The molecule has 12 nitrogen and oxygen atoms in total. The Morgan fingerprint density at radius 3 is 2.60 bits per heavy atom. The smallest absolute Gasteiger partial charge is 0.387 e. The molecular formula is C12H21N4O8P. The summed E-state index contributed by atoms with van der Waals surface area (Å²) in [6, 6.07) is 0. The second kappa shape index (κ2) is 7.08. The normalized spacial score (nSPS) is 29.5. The average Bonchev–Trinajstić information content (AvgIpc) is 3.02. The van der Waals surface area contributed by atoms with Crippen molar-refractivity contribution in [1.29, 1.82) is 0 Å². The fourth-order valence-electron chi connectivity index (χ4n) is 2.14. The molecule has 0 aliphatic carbocycles. The third-order valence-corrected chi connectivity index (χ3v) is 4.37. The summed E-state index contributed by atoms with van der Waals surface area (Å²) < 4.78 is 27.9. The van der Waals surface area contributed by atoms with Crippen molar-refractivity contribution in [3.63, 3.8) is 0 Å². The van der Waals surface area contributed by atoms with Crippen LogP contribution in [0.2, 0.25) is 0 Å². The minimum absolute atomic E-state index is 0.288. The summed E-state index contributed by atoms with van der Waals surface area (Å²) in [6.07, 6.45) is -4.07. The summed E-state index contributed by atoms with van der Waals surface area (Å²) in [7, 11) is -4.38. The number of ether oxygens (including phenoxy) is 1. The number of primary amides is 1. The quantitative estimate of drug-likeness (QED) is 0.444. The first-order valence-electron chi connectivity index (χ1n) is 7.30. The van der Waals surface area contributed by atoms with Crippen LogP contribution in [0.25, 0.3) is 0 Å². The number of carbonyl (C=O) groups is 1. The molecule has 0 bridgehead atoms. The van der Waals surface area contributed by atoms with Gasteiger partial charge >= 0.3 is 7.82 Å². The Morgan fingerprint density at radius 1 is 1.44 bits per heavy atom. The van der Waals surface area contributed by atoms with E-state index in [4.69, 9.17) is 19.5 Å². The van der Waals surface area contributed by atoms with Gasteiger partial charge in [0.1, 0.15) is 24.6 Å². The average molecular weight is 380 g/mol. The monoisotopic (exact) mass is 380 g/mol. The Morgan fingerprint density at radius 2 is 2.08 bits per heavy atom. The van der Waals surface area contributed by atoms with Crippen LogP contribution in [0.3, 0.4) is 0 Å². The highest BCUT2D eigenvalue weighted by molar-refractivity contribution is 7.47. The maximum Gasteiger partial charge on any atom is 0.472 e. The number of phosphoric acid groups is 1. The maximum atomic E-state index is 11.8.